The van der Waals surface area contributed by atoms with E-state index in [0.29, 0.717) is 30.8 Å². The van der Waals surface area contributed by atoms with Crippen LogP contribution in [0.4, 0.5) is 5.69 Å². The summed E-state index contributed by atoms with van der Waals surface area (Å²) in [4.78, 5) is 17.1. The van der Waals surface area contributed by atoms with Crippen molar-refractivity contribution in [1.29, 1.82) is 5.26 Å². The number of ether oxygens (including phenoxy) is 1. The fourth-order valence-corrected chi connectivity index (χ4v) is 3.91. The van der Waals surface area contributed by atoms with Crippen molar-refractivity contribution in [2.75, 3.05) is 31.1 Å². The maximum absolute atomic E-state index is 13.0. The van der Waals surface area contributed by atoms with E-state index in [1.54, 1.807) is 0 Å². The molecule has 0 unspecified atom stereocenters. The highest BCUT2D eigenvalue weighted by molar-refractivity contribution is 5.94. The summed E-state index contributed by atoms with van der Waals surface area (Å²) in [5.74, 6) is -0.00622. The normalized spacial score (nSPS) is 22.3. The first-order chi connectivity index (χ1) is 13.1. The highest BCUT2D eigenvalue weighted by Gasteiger charge is 2.32. The van der Waals surface area contributed by atoms with Gasteiger partial charge >= 0.3 is 0 Å². The molecule has 2 aliphatic heterocycles. The predicted octanol–water partition coefficient (Wildman–Crippen LogP) is 2.27. The molecule has 1 saturated heterocycles. The van der Waals surface area contributed by atoms with Crippen LogP contribution < -0.4 is 4.90 Å². The average molecular weight is 365 g/mol. The predicted molar refractivity (Wildman–Crippen MR) is 101 cm³/mol. The summed E-state index contributed by atoms with van der Waals surface area (Å²) >= 11 is 0. The van der Waals surface area contributed by atoms with Gasteiger partial charge in [0.1, 0.15) is 0 Å². The number of amides is 1. The average Bonchev–Trinajstić information content (AvgIpc) is 3.12. The molecule has 7 heteroatoms. The molecule has 0 aliphatic carbocycles. The van der Waals surface area contributed by atoms with Gasteiger partial charge in [-0.3, -0.25) is 9.89 Å². The van der Waals surface area contributed by atoms with E-state index in [4.69, 9.17) is 10.00 Å². The number of carbonyl (C=O) groups is 1. The van der Waals surface area contributed by atoms with Gasteiger partial charge < -0.3 is 14.5 Å². The van der Waals surface area contributed by atoms with E-state index < -0.39 is 0 Å². The molecule has 1 aromatic heterocycles. The second kappa shape index (κ2) is 7.05. The number of anilines is 1. The van der Waals surface area contributed by atoms with Gasteiger partial charge in [-0.15, -0.1) is 0 Å². The summed E-state index contributed by atoms with van der Waals surface area (Å²) in [6, 6.07) is 9.71. The fourth-order valence-electron chi connectivity index (χ4n) is 3.91. The van der Waals surface area contributed by atoms with Crippen molar-refractivity contribution in [2.45, 2.75) is 32.5 Å². The number of nitriles is 1. The number of piperazine rings is 1. The Balaban J connectivity index is 1.44. The van der Waals surface area contributed by atoms with E-state index in [2.05, 4.69) is 21.2 Å². The molecule has 1 amide bonds. The van der Waals surface area contributed by atoms with Crippen LogP contribution in [0.15, 0.2) is 24.3 Å². The van der Waals surface area contributed by atoms with Crippen LogP contribution in [0.1, 0.15) is 47.3 Å². The first kappa shape index (κ1) is 17.6. The molecule has 140 valence electrons. The fraction of sp³-hybridized carbons (Fsp3) is 0.450. The number of rotatable bonds is 2. The van der Waals surface area contributed by atoms with Crippen LogP contribution in [0.2, 0.25) is 0 Å². The molecule has 3 heterocycles. The van der Waals surface area contributed by atoms with E-state index >= 15 is 0 Å². The Morgan fingerprint density at radius 2 is 1.93 bits per heavy atom. The summed E-state index contributed by atoms with van der Waals surface area (Å²) < 4.78 is 5.81. The Morgan fingerprint density at radius 3 is 2.59 bits per heavy atom. The zero-order chi connectivity index (χ0) is 19.0. The lowest BCUT2D eigenvalue weighted by Gasteiger charge is -2.36. The SMILES string of the molecule is C[C@@H]1Cc2c(C(=O)N3CCN(c4ccc(C#N)cc4)CC3)n[nH]c2[C@H](C)O1. The number of aromatic amines is 1. The summed E-state index contributed by atoms with van der Waals surface area (Å²) in [6.07, 6.45) is 0.735. The van der Waals surface area contributed by atoms with E-state index in [1.807, 2.05) is 43.0 Å². The molecule has 0 saturated carbocycles. The third-order valence-corrected chi connectivity index (χ3v) is 5.36. The highest BCUT2D eigenvalue weighted by atomic mass is 16.5. The smallest absolute Gasteiger partial charge is 0.274 e. The molecule has 4 rings (SSSR count). The summed E-state index contributed by atoms with van der Waals surface area (Å²) in [6.45, 7) is 6.85. The minimum absolute atomic E-state index is 0.00622. The lowest BCUT2D eigenvalue weighted by Crippen LogP contribution is -2.49. The second-order valence-electron chi connectivity index (χ2n) is 7.20. The van der Waals surface area contributed by atoms with Crippen LogP contribution in [0, 0.1) is 11.3 Å². The maximum Gasteiger partial charge on any atom is 0.274 e. The standard InChI is InChI=1S/C20H23N5O2/c1-13-11-17-18(14(2)27-13)22-23-19(17)20(26)25-9-7-24(8-10-25)16-5-3-15(12-21)4-6-16/h3-6,13-14H,7-11H2,1-2H3,(H,22,23)/t13-,14+/m1/s1. The Hall–Kier alpha value is -2.85. The molecule has 1 aromatic carbocycles. The zero-order valence-corrected chi connectivity index (χ0v) is 15.6. The molecule has 27 heavy (non-hydrogen) atoms. The number of nitrogens with zero attached hydrogens (tertiary/aromatic N) is 4. The highest BCUT2D eigenvalue weighted by Crippen LogP contribution is 2.30. The van der Waals surface area contributed by atoms with Crippen LogP contribution >= 0.6 is 0 Å². The Labute approximate surface area is 158 Å². The Bertz CT molecular complexity index is 875. The minimum Gasteiger partial charge on any atom is -0.369 e. The molecule has 2 atom stereocenters. The number of benzene rings is 1. The second-order valence-corrected chi connectivity index (χ2v) is 7.20. The third kappa shape index (κ3) is 3.28. The van der Waals surface area contributed by atoms with E-state index in [1.165, 1.54) is 0 Å². The van der Waals surface area contributed by atoms with Gasteiger partial charge in [0.15, 0.2) is 5.69 Å². The summed E-state index contributed by atoms with van der Waals surface area (Å²) in [7, 11) is 0. The number of aromatic nitrogens is 2. The maximum atomic E-state index is 13.0. The topological polar surface area (TPSA) is 85.3 Å². The largest absolute Gasteiger partial charge is 0.369 e. The van der Waals surface area contributed by atoms with Gasteiger partial charge in [0.05, 0.1) is 29.5 Å². The van der Waals surface area contributed by atoms with Gasteiger partial charge in [0, 0.05) is 43.9 Å². The van der Waals surface area contributed by atoms with Gasteiger partial charge in [0.2, 0.25) is 0 Å². The van der Waals surface area contributed by atoms with E-state index in [9.17, 15) is 4.79 Å². The monoisotopic (exact) mass is 365 g/mol. The molecule has 7 nitrogen and oxygen atoms in total. The van der Waals surface area contributed by atoms with Gasteiger partial charge in [-0.2, -0.15) is 10.4 Å². The van der Waals surface area contributed by atoms with Gasteiger partial charge in [-0.05, 0) is 38.1 Å². The number of fused-ring (bicyclic) bond motifs is 1. The van der Waals surface area contributed by atoms with Gasteiger partial charge in [-0.25, -0.2) is 0 Å². The van der Waals surface area contributed by atoms with E-state index in [0.717, 1.165) is 30.0 Å². The Kier molecular flexibility index (Phi) is 4.58. The molecule has 1 fully saturated rings. The van der Waals surface area contributed by atoms with Crippen molar-refractivity contribution >= 4 is 11.6 Å². The number of carbonyl (C=O) groups excluding carboxylic acids is 1. The van der Waals surface area contributed by atoms with Gasteiger partial charge in [0.25, 0.3) is 5.91 Å². The molecule has 1 N–H and O–H groups in total. The molecule has 0 spiro atoms. The summed E-state index contributed by atoms with van der Waals surface area (Å²) in [5, 5.41) is 16.2. The molecule has 0 bridgehead atoms. The van der Waals surface area contributed by atoms with E-state index in [-0.39, 0.29) is 18.1 Å². The first-order valence-corrected chi connectivity index (χ1v) is 9.34. The van der Waals surface area contributed by atoms with Crippen LogP contribution in [-0.2, 0) is 11.2 Å². The molecule has 0 radical (unpaired) electrons. The number of hydrogen-bond donors (Lipinski definition) is 1. The summed E-state index contributed by atoms with van der Waals surface area (Å²) in [5.41, 5.74) is 4.20. The lowest BCUT2D eigenvalue weighted by atomic mass is 9.99. The van der Waals surface area contributed by atoms with Crippen molar-refractivity contribution in [3.05, 3.63) is 46.8 Å². The minimum atomic E-state index is -0.0639. The number of nitrogens with one attached hydrogen (secondary N) is 1. The quantitative estimate of drug-likeness (QED) is 0.882. The lowest BCUT2D eigenvalue weighted by molar-refractivity contribution is -0.00702. The molecule has 2 aromatic rings. The third-order valence-electron chi connectivity index (χ3n) is 5.36. The van der Waals surface area contributed by atoms with Crippen LogP contribution in [0.3, 0.4) is 0 Å². The first-order valence-electron chi connectivity index (χ1n) is 9.34. The van der Waals surface area contributed by atoms with Crippen LogP contribution in [0.5, 0.6) is 0 Å². The molecule has 2 aliphatic rings. The number of H-pyrrole nitrogens is 1. The number of hydrogen-bond acceptors (Lipinski definition) is 5. The van der Waals surface area contributed by atoms with Gasteiger partial charge in [-0.1, -0.05) is 0 Å². The van der Waals surface area contributed by atoms with Crippen LogP contribution in [0.25, 0.3) is 0 Å². The van der Waals surface area contributed by atoms with Crippen molar-refractivity contribution in [1.82, 2.24) is 15.1 Å². The van der Waals surface area contributed by atoms with Crippen molar-refractivity contribution in [3.63, 3.8) is 0 Å². The molecular formula is C20H23N5O2. The molecular weight excluding hydrogens is 342 g/mol. The van der Waals surface area contributed by atoms with Crippen molar-refractivity contribution < 1.29 is 9.53 Å². The van der Waals surface area contributed by atoms with Crippen molar-refractivity contribution in [2.24, 2.45) is 0 Å². The van der Waals surface area contributed by atoms with Crippen LogP contribution in [-0.4, -0.2) is 53.3 Å². The Morgan fingerprint density at radius 1 is 1.22 bits per heavy atom. The zero-order valence-electron chi connectivity index (χ0n) is 15.6. The van der Waals surface area contributed by atoms with Crippen molar-refractivity contribution in [3.8, 4) is 6.07 Å².